The van der Waals surface area contributed by atoms with E-state index in [4.69, 9.17) is 10.8 Å². The van der Waals surface area contributed by atoms with Crippen LogP contribution in [0.15, 0.2) is 12.3 Å². The van der Waals surface area contributed by atoms with E-state index < -0.39 is 0 Å². The van der Waals surface area contributed by atoms with Crippen LogP contribution in [0.2, 0.25) is 0 Å². The number of hydrogen-bond acceptors (Lipinski definition) is 2. The van der Waals surface area contributed by atoms with Gasteiger partial charge in [-0.25, -0.2) is 0 Å². The van der Waals surface area contributed by atoms with E-state index in [1.54, 1.807) is 0 Å². The second-order valence-corrected chi connectivity index (χ2v) is 7.49. The van der Waals surface area contributed by atoms with Crippen LogP contribution in [0, 0.1) is 5.41 Å². The van der Waals surface area contributed by atoms with Gasteiger partial charge in [-0.15, -0.1) is 0 Å². The summed E-state index contributed by atoms with van der Waals surface area (Å²) in [4.78, 5) is 0. The van der Waals surface area contributed by atoms with E-state index in [0.717, 1.165) is 37.8 Å². The van der Waals surface area contributed by atoms with Crippen LogP contribution in [0.3, 0.4) is 0 Å². The minimum Gasteiger partial charge on any atom is -0.325 e. The molecule has 3 heteroatoms. The summed E-state index contributed by atoms with van der Waals surface area (Å²) in [7, 11) is 0. The molecular weight excluding hydrogens is 246 g/mol. The van der Waals surface area contributed by atoms with Crippen molar-refractivity contribution in [2.24, 2.45) is 11.1 Å². The maximum atomic E-state index is 6.67. The SMILES string of the molecule is CCC(CC)n1ccc(CC2(N)CCCC(C)(C)C2)n1. The lowest BCUT2D eigenvalue weighted by atomic mass is 9.67. The van der Waals surface area contributed by atoms with Gasteiger partial charge in [0.1, 0.15) is 0 Å². The summed E-state index contributed by atoms with van der Waals surface area (Å²) in [6.45, 7) is 9.14. The van der Waals surface area contributed by atoms with Gasteiger partial charge in [0.2, 0.25) is 0 Å². The van der Waals surface area contributed by atoms with Crippen LogP contribution in [-0.2, 0) is 6.42 Å². The van der Waals surface area contributed by atoms with Crippen molar-refractivity contribution in [2.45, 2.75) is 84.2 Å². The number of aromatic nitrogens is 2. The van der Waals surface area contributed by atoms with Gasteiger partial charge in [0.25, 0.3) is 0 Å². The monoisotopic (exact) mass is 277 g/mol. The highest BCUT2D eigenvalue weighted by Gasteiger charge is 2.37. The van der Waals surface area contributed by atoms with Crippen molar-refractivity contribution >= 4 is 0 Å². The van der Waals surface area contributed by atoms with Gasteiger partial charge in [0.05, 0.1) is 11.7 Å². The number of nitrogens with zero attached hydrogens (tertiary/aromatic N) is 2. The molecule has 20 heavy (non-hydrogen) atoms. The van der Waals surface area contributed by atoms with Crippen LogP contribution in [0.1, 0.15) is 78.0 Å². The van der Waals surface area contributed by atoms with Crippen molar-refractivity contribution in [3.8, 4) is 0 Å². The molecule has 0 bridgehead atoms. The fourth-order valence-electron chi connectivity index (χ4n) is 3.90. The molecule has 0 saturated heterocycles. The minimum atomic E-state index is -0.0607. The molecule has 1 aliphatic rings. The fourth-order valence-corrected chi connectivity index (χ4v) is 3.90. The molecule has 0 radical (unpaired) electrons. The van der Waals surface area contributed by atoms with E-state index in [2.05, 4.69) is 44.6 Å². The quantitative estimate of drug-likeness (QED) is 0.881. The minimum absolute atomic E-state index is 0.0607. The first-order chi connectivity index (χ1) is 9.37. The van der Waals surface area contributed by atoms with Gasteiger partial charge in [-0.1, -0.05) is 34.1 Å². The zero-order valence-corrected chi connectivity index (χ0v) is 13.7. The molecule has 2 N–H and O–H groups in total. The zero-order chi connectivity index (χ0) is 14.8. The number of hydrogen-bond donors (Lipinski definition) is 1. The molecule has 1 fully saturated rings. The molecular formula is C17H31N3. The highest BCUT2D eigenvalue weighted by molar-refractivity contribution is 5.08. The Morgan fingerprint density at radius 3 is 2.60 bits per heavy atom. The van der Waals surface area contributed by atoms with Gasteiger partial charge < -0.3 is 5.73 Å². The number of nitrogens with two attached hydrogens (primary N) is 1. The van der Waals surface area contributed by atoms with Crippen molar-refractivity contribution in [3.05, 3.63) is 18.0 Å². The van der Waals surface area contributed by atoms with E-state index in [1.807, 2.05) is 0 Å². The predicted molar refractivity (Wildman–Crippen MR) is 84.7 cm³/mol. The maximum Gasteiger partial charge on any atom is 0.0643 e. The summed E-state index contributed by atoms with van der Waals surface area (Å²) >= 11 is 0. The Bertz CT molecular complexity index is 431. The topological polar surface area (TPSA) is 43.8 Å². The van der Waals surface area contributed by atoms with Crippen LogP contribution >= 0.6 is 0 Å². The summed E-state index contributed by atoms with van der Waals surface area (Å²) in [6.07, 6.45) is 10.1. The molecule has 114 valence electrons. The summed E-state index contributed by atoms with van der Waals surface area (Å²) in [5.41, 5.74) is 8.15. The van der Waals surface area contributed by atoms with Crippen molar-refractivity contribution in [3.63, 3.8) is 0 Å². The normalized spacial score (nSPS) is 26.1. The molecule has 1 atom stereocenters. The first kappa shape index (κ1) is 15.6. The third kappa shape index (κ3) is 3.63. The van der Waals surface area contributed by atoms with Crippen molar-refractivity contribution in [2.75, 3.05) is 0 Å². The lowest BCUT2D eigenvalue weighted by Gasteiger charge is -2.42. The van der Waals surface area contributed by atoms with Gasteiger partial charge in [-0.05, 0) is 43.6 Å². The average molecular weight is 277 g/mol. The van der Waals surface area contributed by atoms with Gasteiger partial charge in [0.15, 0.2) is 0 Å². The Morgan fingerprint density at radius 1 is 1.30 bits per heavy atom. The van der Waals surface area contributed by atoms with Gasteiger partial charge in [-0.2, -0.15) is 5.10 Å². The molecule has 1 aromatic rings. The second kappa shape index (κ2) is 5.88. The Kier molecular flexibility index (Phi) is 4.58. The van der Waals surface area contributed by atoms with Gasteiger partial charge in [-0.3, -0.25) is 4.68 Å². The predicted octanol–water partition coefficient (Wildman–Crippen LogP) is 4.08. The van der Waals surface area contributed by atoms with Gasteiger partial charge in [0, 0.05) is 18.2 Å². The lowest BCUT2D eigenvalue weighted by molar-refractivity contribution is 0.150. The summed E-state index contributed by atoms with van der Waals surface area (Å²) < 4.78 is 2.13. The Balaban J connectivity index is 2.06. The van der Waals surface area contributed by atoms with Gasteiger partial charge >= 0.3 is 0 Å². The van der Waals surface area contributed by atoms with E-state index >= 15 is 0 Å². The highest BCUT2D eigenvalue weighted by Crippen LogP contribution is 2.41. The average Bonchev–Trinajstić information content (AvgIpc) is 2.76. The molecule has 1 saturated carbocycles. The summed E-state index contributed by atoms with van der Waals surface area (Å²) in [5, 5.41) is 4.78. The van der Waals surface area contributed by atoms with E-state index in [-0.39, 0.29) is 5.54 Å². The Hall–Kier alpha value is -0.830. The Morgan fingerprint density at radius 2 is 2.00 bits per heavy atom. The van der Waals surface area contributed by atoms with E-state index in [1.165, 1.54) is 12.8 Å². The van der Waals surface area contributed by atoms with Crippen molar-refractivity contribution < 1.29 is 0 Å². The fraction of sp³-hybridized carbons (Fsp3) is 0.824. The number of rotatable bonds is 5. The molecule has 1 aromatic heterocycles. The van der Waals surface area contributed by atoms with E-state index in [0.29, 0.717) is 11.5 Å². The largest absolute Gasteiger partial charge is 0.325 e. The lowest BCUT2D eigenvalue weighted by Crippen LogP contribution is -2.48. The molecule has 1 aliphatic carbocycles. The van der Waals surface area contributed by atoms with Crippen LogP contribution < -0.4 is 5.73 Å². The first-order valence-corrected chi connectivity index (χ1v) is 8.20. The van der Waals surface area contributed by atoms with Crippen LogP contribution in [0.5, 0.6) is 0 Å². The molecule has 0 aliphatic heterocycles. The van der Waals surface area contributed by atoms with Crippen LogP contribution in [0.4, 0.5) is 0 Å². The van der Waals surface area contributed by atoms with E-state index in [9.17, 15) is 0 Å². The molecule has 3 nitrogen and oxygen atoms in total. The molecule has 0 spiro atoms. The van der Waals surface area contributed by atoms with Crippen LogP contribution in [-0.4, -0.2) is 15.3 Å². The van der Waals surface area contributed by atoms with Crippen molar-refractivity contribution in [1.82, 2.24) is 9.78 Å². The molecule has 0 amide bonds. The third-order valence-electron chi connectivity index (χ3n) is 4.87. The standard InChI is InChI=1S/C17H31N3/c1-5-15(6-2)20-11-8-14(19-20)12-17(18)10-7-9-16(3,4)13-17/h8,11,15H,5-7,9-10,12-13,18H2,1-4H3. The first-order valence-electron chi connectivity index (χ1n) is 8.20. The maximum absolute atomic E-state index is 6.67. The molecule has 1 heterocycles. The van der Waals surface area contributed by atoms with Crippen LogP contribution in [0.25, 0.3) is 0 Å². The smallest absolute Gasteiger partial charge is 0.0643 e. The highest BCUT2D eigenvalue weighted by atomic mass is 15.3. The summed E-state index contributed by atoms with van der Waals surface area (Å²) in [5.74, 6) is 0. The Labute approximate surface area is 123 Å². The molecule has 2 rings (SSSR count). The molecule has 1 unspecified atom stereocenters. The van der Waals surface area contributed by atoms with Crippen molar-refractivity contribution in [1.29, 1.82) is 0 Å². The molecule has 0 aromatic carbocycles. The third-order valence-corrected chi connectivity index (χ3v) is 4.87. The summed E-state index contributed by atoms with van der Waals surface area (Å²) in [6, 6.07) is 2.69. The second-order valence-electron chi connectivity index (χ2n) is 7.49. The zero-order valence-electron chi connectivity index (χ0n) is 13.7.